The minimum atomic E-state index is -3.62. The maximum atomic E-state index is 13.9. The Morgan fingerprint density at radius 2 is 1.64 bits per heavy atom. The van der Waals surface area contributed by atoms with Crippen LogP contribution >= 0.6 is 15.9 Å². The molecule has 2 amide bonds. The number of carbonyl (C=O) groups is 2. The number of rotatable bonds is 15. The van der Waals surface area contributed by atoms with Gasteiger partial charge in [0.15, 0.2) is 0 Å². The van der Waals surface area contributed by atoms with Gasteiger partial charge in [0.05, 0.1) is 19.1 Å². The lowest BCUT2D eigenvalue weighted by atomic mass is 10.0. The van der Waals surface area contributed by atoms with Gasteiger partial charge in [-0.15, -0.1) is 0 Å². The fourth-order valence-electron chi connectivity index (χ4n) is 4.53. The summed E-state index contributed by atoms with van der Waals surface area (Å²) in [6.07, 6.45) is 1.83. The van der Waals surface area contributed by atoms with Crippen molar-refractivity contribution in [2.24, 2.45) is 5.92 Å². The average Bonchev–Trinajstić information content (AvgIpc) is 2.96. The summed E-state index contributed by atoms with van der Waals surface area (Å²) in [5.41, 5.74) is 2.29. The van der Waals surface area contributed by atoms with Gasteiger partial charge >= 0.3 is 0 Å². The highest BCUT2D eigenvalue weighted by molar-refractivity contribution is 9.10. The van der Waals surface area contributed by atoms with Gasteiger partial charge in [-0.25, -0.2) is 8.42 Å². The second kappa shape index (κ2) is 15.7. The second-order valence-electron chi connectivity index (χ2n) is 10.6. The van der Waals surface area contributed by atoms with Crippen LogP contribution in [0.3, 0.4) is 0 Å². The molecule has 0 aliphatic carbocycles. The fraction of sp³-hybridized carbons (Fsp3) is 0.375. The van der Waals surface area contributed by atoms with Crippen LogP contribution < -0.4 is 14.4 Å². The third-order valence-electron chi connectivity index (χ3n) is 6.72. The summed E-state index contributed by atoms with van der Waals surface area (Å²) in [5.74, 6) is 0.347. The molecule has 8 nitrogen and oxygen atoms in total. The van der Waals surface area contributed by atoms with Crippen LogP contribution in [-0.2, 0) is 32.6 Å². The van der Waals surface area contributed by atoms with E-state index in [0.717, 1.165) is 21.9 Å². The summed E-state index contributed by atoms with van der Waals surface area (Å²) in [6.45, 7) is 4.88. The number of hydrogen-bond acceptors (Lipinski definition) is 5. The molecule has 3 aromatic rings. The molecule has 1 atom stereocenters. The van der Waals surface area contributed by atoms with E-state index in [4.69, 9.17) is 4.74 Å². The second-order valence-corrected chi connectivity index (χ2v) is 13.5. The summed E-state index contributed by atoms with van der Waals surface area (Å²) in [4.78, 5) is 29.1. The zero-order chi connectivity index (χ0) is 30.7. The zero-order valence-corrected chi connectivity index (χ0v) is 27.0. The highest BCUT2D eigenvalue weighted by Gasteiger charge is 2.30. The number of benzene rings is 3. The predicted octanol–water partition coefficient (Wildman–Crippen LogP) is 5.42. The lowest BCUT2D eigenvalue weighted by molar-refractivity contribution is -0.141. The molecule has 0 fully saturated rings. The van der Waals surface area contributed by atoms with Crippen LogP contribution in [0.4, 0.5) is 5.69 Å². The van der Waals surface area contributed by atoms with Crippen molar-refractivity contribution in [3.63, 3.8) is 0 Å². The van der Waals surface area contributed by atoms with Crippen molar-refractivity contribution in [3.05, 3.63) is 94.5 Å². The van der Waals surface area contributed by atoms with Crippen LogP contribution in [0.15, 0.2) is 83.3 Å². The third kappa shape index (κ3) is 10.2. The lowest BCUT2D eigenvalue weighted by Crippen LogP contribution is -2.51. The van der Waals surface area contributed by atoms with Gasteiger partial charge in [-0.3, -0.25) is 13.9 Å². The van der Waals surface area contributed by atoms with Crippen molar-refractivity contribution in [2.45, 2.75) is 45.7 Å². The van der Waals surface area contributed by atoms with Crippen LogP contribution in [0.25, 0.3) is 0 Å². The van der Waals surface area contributed by atoms with Crippen LogP contribution in [0.5, 0.6) is 5.75 Å². The number of hydrogen-bond donors (Lipinski definition) is 1. The summed E-state index contributed by atoms with van der Waals surface area (Å²) in [5, 5.41) is 3.02. The van der Waals surface area contributed by atoms with Gasteiger partial charge in [0, 0.05) is 43.0 Å². The smallest absolute Gasteiger partial charge is 0.243 e. The molecule has 0 aliphatic rings. The van der Waals surface area contributed by atoms with E-state index in [1.165, 1.54) is 11.4 Å². The number of nitrogens with one attached hydrogen (secondary N) is 1. The van der Waals surface area contributed by atoms with Crippen molar-refractivity contribution >= 4 is 43.5 Å². The van der Waals surface area contributed by atoms with E-state index in [0.29, 0.717) is 24.4 Å². The van der Waals surface area contributed by atoms with Crippen LogP contribution in [0.1, 0.15) is 37.8 Å². The molecule has 10 heteroatoms. The molecule has 0 radical (unpaired) electrons. The number of carbonyl (C=O) groups excluding carboxylic acids is 2. The molecule has 0 spiro atoms. The molecule has 0 saturated heterocycles. The number of amides is 2. The molecule has 0 bridgehead atoms. The molecular formula is C32H40BrN3O5S. The van der Waals surface area contributed by atoms with Crippen molar-refractivity contribution in [1.29, 1.82) is 0 Å². The van der Waals surface area contributed by atoms with Gasteiger partial charge in [0.2, 0.25) is 21.8 Å². The first-order valence-electron chi connectivity index (χ1n) is 13.9. The molecule has 3 rings (SSSR count). The van der Waals surface area contributed by atoms with Gasteiger partial charge in [-0.05, 0) is 47.7 Å². The number of sulfonamides is 1. The van der Waals surface area contributed by atoms with Crippen molar-refractivity contribution in [2.75, 3.05) is 30.8 Å². The number of nitrogens with zero attached hydrogens (tertiary/aromatic N) is 2. The number of anilines is 1. The molecule has 1 N–H and O–H groups in total. The van der Waals surface area contributed by atoms with Gasteiger partial charge in [-0.1, -0.05) is 78.3 Å². The number of halogens is 1. The van der Waals surface area contributed by atoms with E-state index in [1.807, 2.05) is 68.4 Å². The lowest BCUT2D eigenvalue weighted by Gasteiger charge is -2.32. The molecule has 0 unspecified atom stereocenters. The Labute approximate surface area is 258 Å². The van der Waals surface area contributed by atoms with Crippen LogP contribution in [-0.4, -0.2) is 57.6 Å². The SMILES string of the molecule is COc1cccc(N(CCCC(=O)N(Cc2ccc(Br)cc2)[C@@H](Cc2ccccc2)C(=O)NCC(C)C)S(C)(=O)=O)c1. The first kappa shape index (κ1) is 33.1. The molecule has 226 valence electrons. The normalized spacial score (nSPS) is 12.0. The zero-order valence-electron chi connectivity index (χ0n) is 24.6. The molecule has 0 aliphatic heterocycles. The van der Waals surface area contributed by atoms with E-state index < -0.39 is 16.1 Å². The van der Waals surface area contributed by atoms with Crippen LogP contribution in [0.2, 0.25) is 0 Å². The summed E-state index contributed by atoms with van der Waals surface area (Å²) < 4.78 is 32.8. The topological polar surface area (TPSA) is 96.0 Å². The standard InChI is InChI=1S/C32H40BrN3O5S/c1-24(2)22-34-32(38)30(20-25-10-6-5-7-11-25)35(23-26-15-17-27(33)18-16-26)31(37)14-9-19-36(42(4,39)40)28-12-8-13-29(21-28)41-3/h5-8,10-13,15-18,21,24,30H,9,14,19-20,22-23H2,1-4H3,(H,34,38)/t30-/m0/s1. The molecule has 0 heterocycles. The van der Waals surface area contributed by atoms with E-state index in [9.17, 15) is 18.0 Å². The van der Waals surface area contributed by atoms with Crippen molar-refractivity contribution in [1.82, 2.24) is 10.2 Å². The maximum absolute atomic E-state index is 13.9. The van der Waals surface area contributed by atoms with Gasteiger partial charge in [-0.2, -0.15) is 0 Å². The minimum Gasteiger partial charge on any atom is -0.497 e. The first-order chi connectivity index (χ1) is 20.0. The Morgan fingerprint density at radius 1 is 0.952 bits per heavy atom. The average molecular weight is 659 g/mol. The molecule has 3 aromatic carbocycles. The predicted molar refractivity (Wildman–Crippen MR) is 171 cm³/mol. The van der Waals surface area contributed by atoms with Gasteiger partial charge in [0.25, 0.3) is 0 Å². The first-order valence-corrected chi connectivity index (χ1v) is 16.6. The summed E-state index contributed by atoms with van der Waals surface area (Å²) in [6, 6.07) is 23.4. The quantitative estimate of drug-likeness (QED) is 0.236. The van der Waals surface area contributed by atoms with Crippen molar-refractivity contribution in [3.8, 4) is 5.75 Å². The Morgan fingerprint density at radius 3 is 2.26 bits per heavy atom. The molecule has 0 aromatic heterocycles. The fourth-order valence-corrected chi connectivity index (χ4v) is 5.75. The maximum Gasteiger partial charge on any atom is 0.243 e. The monoisotopic (exact) mass is 657 g/mol. The summed E-state index contributed by atoms with van der Waals surface area (Å²) >= 11 is 3.46. The minimum absolute atomic E-state index is 0.0647. The van der Waals surface area contributed by atoms with Gasteiger partial charge < -0.3 is 15.0 Å². The van der Waals surface area contributed by atoms with E-state index in [-0.39, 0.29) is 43.7 Å². The summed E-state index contributed by atoms with van der Waals surface area (Å²) in [7, 11) is -2.10. The molecular weight excluding hydrogens is 618 g/mol. The number of ether oxygens (including phenoxy) is 1. The Balaban J connectivity index is 1.88. The highest BCUT2D eigenvalue weighted by atomic mass is 79.9. The Kier molecular flexibility index (Phi) is 12.4. The third-order valence-corrected chi connectivity index (χ3v) is 8.44. The van der Waals surface area contributed by atoms with E-state index >= 15 is 0 Å². The largest absolute Gasteiger partial charge is 0.497 e. The molecule has 0 saturated carbocycles. The molecule has 42 heavy (non-hydrogen) atoms. The Bertz CT molecular complexity index is 1420. The number of methoxy groups -OCH3 is 1. The highest BCUT2D eigenvalue weighted by Crippen LogP contribution is 2.24. The van der Waals surface area contributed by atoms with E-state index in [1.54, 1.807) is 29.2 Å². The van der Waals surface area contributed by atoms with E-state index in [2.05, 4.69) is 21.2 Å². The van der Waals surface area contributed by atoms with Crippen molar-refractivity contribution < 1.29 is 22.7 Å². The van der Waals surface area contributed by atoms with Gasteiger partial charge in [0.1, 0.15) is 11.8 Å². The van der Waals surface area contributed by atoms with Crippen LogP contribution in [0, 0.1) is 5.92 Å². The Hall–Kier alpha value is -3.37.